The number of nitrogens with zero attached hydrogens (tertiary/aromatic N) is 1. The molecule has 0 spiro atoms. The third kappa shape index (κ3) is 2.60. The van der Waals surface area contributed by atoms with Gasteiger partial charge in [-0.15, -0.1) is 11.3 Å². The number of hydrogen-bond donors (Lipinski definition) is 2. The van der Waals surface area contributed by atoms with Gasteiger partial charge in [-0.25, -0.2) is 5.43 Å². The maximum atomic E-state index is 5.61. The minimum atomic E-state index is 0.0212. The van der Waals surface area contributed by atoms with Crippen molar-refractivity contribution in [1.29, 1.82) is 0 Å². The van der Waals surface area contributed by atoms with Crippen molar-refractivity contribution in [3.05, 3.63) is 49.5 Å². The van der Waals surface area contributed by atoms with Crippen molar-refractivity contribution in [2.45, 2.75) is 13.0 Å². The Balaban J connectivity index is 2.32. The topological polar surface area (TPSA) is 50.9 Å². The number of nitrogens with two attached hydrogens (primary N) is 1. The van der Waals surface area contributed by atoms with Crippen molar-refractivity contribution >= 4 is 33.9 Å². The van der Waals surface area contributed by atoms with Crippen LogP contribution in [0.3, 0.4) is 0 Å². The second kappa shape index (κ2) is 5.22. The standard InChI is InChI=1S/C11H12IN3S/c1-7-2-3-8(5-14-7)11(15-13)9-4-10(12)16-6-9/h2-6,11,15H,13H2,1H3. The molecule has 2 aromatic heterocycles. The highest BCUT2D eigenvalue weighted by Gasteiger charge is 2.13. The third-order valence-electron chi connectivity index (χ3n) is 2.36. The van der Waals surface area contributed by atoms with Gasteiger partial charge in [0.1, 0.15) is 0 Å². The second-order valence-corrected chi connectivity index (χ2v) is 6.32. The molecule has 0 radical (unpaired) electrons. The normalized spacial score (nSPS) is 12.7. The van der Waals surface area contributed by atoms with Gasteiger partial charge in [0.25, 0.3) is 0 Å². The van der Waals surface area contributed by atoms with E-state index in [0.717, 1.165) is 11.3 Å². The van der Waals surface area contributed by atoms with Crippen molar-refractivity contribution in [3.8, 4) is 0 Å². The van der Waals surface area contributed by atoms with E-state index in [1.54, 1.807) is 11.3 Å². The van der Waals surface area contributed by atoms with E-state index in [0.29, 0.717) is 0 Å². The first-order chi connectivity index (χ1) is 7.70. The molecule has 84 valence electrons. The van der Waals surface area contributed by atoms with Crippen LogP contribution in [0.2, 0.25) is 0 Å². The van der Waals surface area contributed by atoms with Gasteiger partial charge in [0.2, 0.25) is 0 Å². The minimum absolute atomic E-state index is 0.0212. The Bertz CT molecular complexity index is 466. The van der Waals surface area contributed by atoms with Crippen molar-refractivity contribution < 1.29 is 0 Å². The number of pyridine rings is 1. The Kier molecular flexibility index (Phi) is 3.91. The molecule has 0 aliphatic rings. The number of rotatable bonds is 3. The zero-order valence-electron chi connectivity index (χ0n) is 8.77. The SMILES string of the molecule is Cc1ccc(C(NN)c2csc(I)c2)cn1. The fraction of sp³-hybridized carbons (Fsp3) is 0.182. The number of nitrogens with one attached hydrogen (secondary N) is 1. The van der Waals surface area contributed by atoms with Crippen LogP contribution in [0.15, 0.2) is 29.8 Å². The van der Waals surface area contributed by atoms with Gasteiger partial charge in [-0.2, -0.15) is 0 Å². The predicted molar refractivity (Wildman–Crippen MR) is 75.2 cm³/mol. The quantitative estimate of drug-likeness (QED) is 0.511. The molecule has 0 aliphatic heterocycles. The Morgan fingerprint density at radius 1 is 1.44 bits per heavy atom. The van der Waals surface area contributed by atoms with Gasteiger partial charge in [-0.3, -0.25) is 10.8 Å². The molecule has 1 atom stereocenters. The number of halogens is 1. The molecule has 0 saturated carbocycles. The average Bonchev–Trinajstić information content (AvgIpc) is 2.69. The second-order valence-electron chi connectivity index (χ2n) is 3.52. The highest BCUT2D eigenvalue weighted by molar-refractivity contribution is 14.1. The molecule has 2 rings (SSSR count). The highest BCUT2D eigenvalue weighted by atomic mass is 127. The van der Waals surface area contributed by atoms with Crippen molar-refractivity contribution in [3.63, 3.8) is 0 Å². The Morgan fingerprint density at radius 3 is 2.75 bits per heavy atom. The molecule has 3 N–H and O–H groups in total. The summed E-state index contributed by atoms with van der Waals surface area (Å²) in [6.45, 7) is 1.97. The van der Waals surface area contributed by atoms with Crippen LogP contribution in [0.5, 0.6) is 0 Å². The van der Waals surface area contributed by atoms with Gasteiger partial charge in [0, 0.05) is 11.9 Å². The molecule has 2 heterocycles. The van der Waals surface area contributed by atoms with E-state index < -0.39 is 0 Å². The Hall–Kier alpha value is -0.500. The molecular weight excluding hydrogens is 333 g/mol. The van der Waals surface area contributed by atoms with E-state index >= 15 is 0 Å². The molecule has 1 unspecified atom stereocenters. The fourth-order valence-electron chi connectivity index (χ4n) is 1.51. The first-order valence-corrected chi connectivity index (χ1v) is 6.79. The van der Waals surface area contributed by atoms with Crippen LogP contribution in [0.4, 0.5) is 0 Å². The maximum Gasteiger partial charge on any atom is 0.0733 e. The van der Waals surface area contributed by atoms with Crippen LogP contribution in [0.25, 0.3) is 0 Å². The van der Waals surface area contributed by atoms with E-state index in [2.05, 4.69) is 50.5 Å². The fourth-order valence-corrected chi connectivity index (χ4v) is 2.91. The van der Waals surface area contributed by atoms with Gasteiger partial charge in [-0.1, -0.05) is 6.07 Å². The van der Waals surface area contributed by atoms with E-state index in [1.807, 2.05) is 19.2 Å². The summed E-state index contributed by atoms with van der Waals surface area (Å²) < 4.78 is 1.26. The minimum Gasteiger partial charge on any atom is -0.271 e. The first-order valence-electron chi connectivity index (χ1n) is 4.83. The van der Waals surface area contributed by atoms with Crippen molar-refractivity contribution in [1.82, 2.24) is 10.4 Å². The lowest BCUT2D eigenvalue weighted by Crippen LogP contribution is -2.28. The number of hydrogen-bond acceptors (Lipinski definition) is 4. The van der Waals surface area contributed by atoms with E-state index in [-0.39, 0.29) is 6.04 Å². The molecule has 0 aliphatic carbocycles. The van der Waals surface area contributed by atoms with Gasteiger partial charge < -0.3 is 0 Å². The smallest absolute Gasteiger partial charge is 0.0733 e. The Morgan fingerprint density at radius 2 is 2.25 bits per heavy atom. The molecule has 2 aromatic rings. The summed E-state index contributed by atoms with van der Waals surface area (Å²) in [5.74, 6) is 5.61. The summed E-state index contributed by atoms with van der Waals surface area (Å²) in [6, 6.07) is 6.21. The van der Waals surface area contributed by atoms with Crippen LogP contribution < -0.4 is 11.3 Å². The zero-order chi connectivity index (χ0) is 11.5. The van der Waals surface area contributed by atoms with Crippen LogP contribution in [-0.2, 0) is 0 Å². The van der Waals surface area contributed by atoms with Crippen LogP contribution in [0, 0.1) is 9.81 Å². The summed E-state index contributed by atoms with van der Waals surface area (Å²) in [6.07, 6.45) is 1.87. The molecule has 5 heteroatoms. The summed E-state index contributed by atoms with van der Waals surface area (Å²) >= 11 is 4.03. The molecule has 0 fully saturated rings. The lowest BCUT2D eigenvalue weighted by molar-refractivity contribution is 0.636. The molecule has 16 heavy (non-hydrogen) atoms. The first kappa shape index (κ1) is 12.0. The number of aryl methyl sites for hydroxylation is 1. The lowest BCUT2D eigenvalue weighted by atomic mass is 10.0. The van der Waals surface area contributed by atoms with Crippen molar-refractivity contribution in [2.24, 2.45) is 5.84 Å². The van der Waals surface area contributed by atoms with E-state index in [4.69, 9.17) is 5.84 Å². The van der Waals surface area contributed by atoms with Crippen molar-refractivity contribution in [2.75, 3.05) is 0 Å². The molecule has 0 amide bonds. The summed E-state index contributed by atoms with van der Waals surface area (Å²) in [5, 5.41) is 2.12. The monoisotopic (exact) mass is 345 g/mol. The summed E-state index contributed by atoms with van der Waals surface area (Å²) in [5.41, 5.74) is 6.11. The Labute approximate surface area is 112 Å². The van der Waals surface area contributed by atoms with Crippen LogP contribution in [0.1, 0.15) is 22.9 Å². The number of aromatic nitrogens is 1. The summed E-state index contributed by atoms with van der Waals surface area (Å²) in [7, 11) is 0. The molecular formula is C11H12IN3S. The maximum absolute atomic E-state index is 5.61. The average molecular weight is 345 g/mol. The molecule has 0 aromatic carbocycles. The van der Waals surface area contributed by atoms with Crippen LogP contribution in [-0.4, -0.2) is 4.98 Å². The lowest BCUT2D eigenvalue weighted by Gasteiger charge is -2.14. The van der Waals surface area contributed by atoms with E-state index in [1.165, 1.54) is 8.45 Å². The van der Waals surface area contributed by atoms with Gasteiger partial charge >= 0.3 is 0 Å². The van der Waals surface area contributed by atoms with Gasteiger partial charge in [0.05, 0.1) is 8.93 Å². The molecule has 0 bridgehead atoms. The van der Waals surface area contributed by atoms with E-state index in [9.17, 15) is 0 Å². The number of hydrazine groups is 1. The zero-order valence-corrected chi connectivity index (χ0v) is 11.7. The number of thiophene rings is 1. The highest BCUT2D eigenvalue weighted by Crippen LogP contribution is 2.26. The van der Waals surface area contributed by atoms with Gasteiger partial charge in [0.15, 0.2) is 0 Å². The third-order valence-corrected chi connectivity index (χ3v) is 4.16. The largest absolute Gasteiger partial charge is 0.271 e. The predicted octanol–water partition coefficient (Wildman–Crippen LogP) is 2.61. The van der Waals surface area contributed by atoms with Gasteiger partial charge in [-0.05, 0) is 58.2 Å². The molecule has 3 nitrogen and oxygen atoms in total. The van der Waals surface area contributed by atoms with Crippen LogP contribution >= 0.6 is 33.9 Å². The summed E-state index contributed by atoms with van der Waals surface area (Å²) in [4.78, 5) is 4.29. The molecule has 0 saturated heterocycles.